The summed E-state index contributed by atoms with van der Waals surface area (Å²) in [4.78, 5) is 0. The summed E-state index contributed by atoms with van der Waals surface area (Å²) in [5, 5.41) is 5.24. The lowest BCUT2D eigenvalue weighted by Gasteiger charge is -2.32. The quantitative estimate of drug-likeness (QED) is 0.337. The monoisotopic (exact) mass is 470 g/mol. The third-order valence-electron chi connectivity index (χ3n) is 5.70. The molecule has 0 aliphatic carbocycles. The predicted octanol–water partition coefficient (Wildman–Crippen LogP) is 5.69. The van der Waals surface area contributed by atoms with Crippen molar-refractivity contribution >= 4 is 37.1 Å². The molecule has 0 spiro atoms. The van der Waals surface area contributed by atoms with Gasteiger partial charge in [0.05, 0.1) is 0 Å². The molecule has 4 aromatic carbocycles. The third kappa shape index (κ3) is 4.96. The summed E-state index contributed by atoms with van der Waals surface area (Å²) in [6, 6.07) is 43.2. The molecular weight excluding hydrogens is 442 g/mol. The van der Waals surface area contributed by atoms with Gasteiger partial charge in [-0.3, -0.25) is 0 Å². The first-order chi connectivity index (χ1) is 16.1. The molecule has 2 unspecified atom stereocenters. The van der Waals surface area contributed by atoms with Crippen LogP contribution in [0.3, 0.4) is 0 Å². The topological polar surface area (TPSA) is 18.5 Å². The Balaban J connectivity index is 1.66. The highest BCUT2D eigenvalue weighted by Crippen LogP contribution is 2.57. The van der Waals surface area contributed by atoms with E-state index in [1.165, 1.54) is 21.2 Å². The highest BCUT2D eigenvalue weighted by atomic mass is 31.1. The summed E-state index contributed by atoms with van der Waals surface area (Å²) in [7, 11) is -1.59. The first-order valence-electron chi connectivity index (χ1n) is 11.3. The van der Waals surface area contributed by atoms with Gasteiger partial charge >= 0.3 is 0 Å². The van der Waals surface area contributed by atoms with Gasteiger partial charge in [-0.1, -0.05) is 121 Å². The minimum Gasteiger partial charge on any atom is -0.339 e. The summed E-state index contributed by atoms with van der Waals surface area (Å²) in [6.45, 7) is 4.10. The van der Waals surface area contributed by atoms with Crippen molar-refractivity contribution in [3.8, 4) is 0 Å². The number of benzene rings is 4. The number of ether oxygens (including phenoxy) is 2. The van der Waals surface area contributed by atoms with Crippen LogP contribution in [0.2, 0.25) is 0 Å². The molecule has 4 heteroatoms. The van der Waals surface area contributed by atoms with Gasteiger partial charge in [0, 0.05) is 0 Å². The second-order valence-electron chi connectivity index (χ2n) is 8.50. The van der Waals surface area contributed by atoms with Crippen LogP contribution in [0, 0.1) is 0 Å². The summed E-state index contributed by atoms with van der Waals surface area (Å²) in [5.74, 6) is -0.776. The largest absolute Gasteiger partial charge is 0.339 e. The first kappa shape index (κ1) is 22.5. The Morgan fingerprint density at radius 3 is 0.939 bits per heavy atom. The molecular formula is C29H28O2P2. The first-order valence-corrected chi connectivity index (χ1v) is 14.1. The Hall–Kier alpha value is -2.34. The van der Waals surface area contributed by atoms with E-state index in [1.54, 1.807) is 0 Å². The van der Waals surface area contributed by atoms with E-state index >= 15 is 0 Å². The van der Waals surface area contributed by atoms with Gasteiger partial charge in [-0.25, -0.2) is 0 Å². The average molecular weight is 470 g/mol. The molecule has 0 aromatic heterocycles. The fraction of sp³-hybridized carbons (Fsp3) is 0.172. The van der Waals surface area contributed by atoms with Crippen LogP contribution in [0.1, 0.15) is 13.8 Å². The summed E-state index contributed by atoms with van der Waals surface area (Å²) in [5.41, 5.74) is 0. The molecule has 1 heterocycles. The van der Waals surface area contributed by atoms with Crippen molar-refractivity contribution in [2.45, 2.75) is 31.3 Å². The summed E-state index contributed by atoms with van der Waals surface area (Å²) >= 11 is 0. The van der Waals surface area contributed by atoms with Crippen LogP contribution in [-0.4, -0.2) is 17.5 Å². The summed E-state index contributed by atoms with van der Waals surface area (Å²) in [6.07, 6.45) is 0. The van der Waals surface area contributed by atoms with Gasteiger partial charge in [-0.15, -0.1) is 0 Å². The van der Waals surface area contributed by atoms with E-state index in [1.807, 2.05) is 13.8 Å². The van der Waals surface area contributed by atoms with E-state index in [4.69, 9.17) is 9.47 Å². The van der Waals surface area contributed by atoms with Crippen LogP contribution in [0.5, 0.6) is 0 Å². The number of hydrogen-bond donors (Lipinski definition) is 0. The van der Waals surface area contributed by atoms with Crippen LogP contribution in [0.15, 0.2) is 121 Å². The van der Waals surface area contributed by atoms with E-state index in [2.05, 4.69) is 121 Å². The van der Waals surface area contributed by atoms with Crippen LogP contribution < -0.4 is 21.2 Å². The maximum Gasteiger partial charge on any atom is 0.164 e. The van der Waals surface area contributed by atoms with Gasteiger partial charge in [-0.2, -0.15) is 0 Å². The number of rotatable bonds is 6. The Bertz CT molecular complexity index is 979. The molecule has 5 rings (SSSR count). The van der Waals surface area contributed by atoms with Crippen molar-refractivity contribution < 1.29 is 9.47 Å². The van der Waals surface area contributed by atoms with Crippen LogP contribution in [-0.2, 0) is 9.47 Å². The standard InChI is InChI=1S/C29H28O2P2/c1-29(2)30-27(32(23-15-7-3-8-16-23)24-17-9-4-10-18-24)28(31-29)33(25-19-11-5-12-20-25)26-21-13-6-14-22-26/h3-22,27-28H,1-2H3. The van der Waals surface area contributed by atoms with Gasteiger partial charge in [0.1, 0.15) is 11.7 Å². The van der Waals surface area contributed by atoms with Crippen molar-refractivity contribution in [2.24, 2.45) is 0 Å². The second kappa shape index (κ2) is 9.88. The van der Waals surface area contributed by atoms with Crippen molar-refractivity contribution in [1.29, 1.82) is 0 Å². The molecule has 1 saturated heterocycles. The smallest absolute Gasteiger partial charge is 0.164 e. The van der Waals surface area contributed by atoms with Gasteiger partial charge in [0.15, 0.2) is 5.79 Å². The molecule has 0 radical (unpaired) electrons. The van der Waals surface area contributed by atoms with E-state index in [-0.39, 0.29) is 11.7 Å². The lowest BCUT2D eigenvalue weighted by Crippen LogP contribution is -2.33. The lowest BCUT2D eigenvalue weighted by atomic mass is 10.4. The highest BCUT2D eigenvalue weighted by molar-refractivity contribution is 7.77. The Morgan fingerprint density at radius 1 is 0.455 bits per heavy atom. The molecule has 0 N–H and O–H groups in total. The molecule has 33 heavy (non-hydrogen) atoms. The maximum absolute atomic E-state index is 6.78. The van der Waals surface area contributed by atoms with E-state index in [9.17, 15) is 0 Å². The molecule has 4 aromatic rings. The van der Waals surface area contributed by atoms with Gasteiger partial charge in [0.25, 0.3) is 0 Å². The van der Waals surface area contributed by atoms with Crippen molar-refractivity contribution in [1.82, 2.24) is 0 Å². The predicted molar refractivity (Wildman–Crippen MR) is 142 cm³/mol. The van der Waals surface area contributed by atoms with Crippen molar-refractivity contribution in [2.75, 3.05) is 0 Å². The second-order valence-corrected chi connectivity index (χ2v) is 13.1. The summed E-state index contributed by atoms with van der Waals surface area (Å²) < 4.78 is 13.6. The molecule has 1 fully saturated rings. The molecule has 166 valence electrons. The van der Waals surface area contributed by atoms with Crippen LogP contribution >= 0.6 is 15.8 Å². The Kier molecular flexibility index (Phi) is 6.72. The average Bonchev–Trinajstić information content (AvgIpc) is 3.16. The van der Waals surface area contributed by atoms with E-state index in [0.717, 1.165) is 0 Å². The van der Waals surface area contributed by atoms with Gasteiger partial charge in [0.2, 0.25) is 0 Å². The van der Waals surface area contributed by atoms with Gasteiger partial charge < -0.3 is 9.47 Å². The zero-order valence-electron chi connectivity index (χ0n) is 18.9. The van der Waals surface area contributed by atoms with E-state index in [0.29, 0.717) is 0 Å². The minimum atomic E-state index is -0.794. The molecule has 0 saturated carbocycles. The van der Waals surface area contributed by atoms with Gasteiger partial charge in [-0.05, 0) is 50.9 Å². The normalized spacial score (nSPS) is 19.8. The zero-order chi connectivity index (χ0) is 22.7. The number of hydrogen-bond acceptors (Lipinski definition) is 2. The van der Waals surface area contributed by atoms with Crippen molar-refractivity contribution in [3.05, 3.63) is 121 Å². The molecule has 0 bridgehead atoms. The van der Waals surface area contributed by atoms with Crippen molar-refractivity contribution in [3.63, 3.8) is 0 Å². The fourth-order valence-corrected chi connectivity index (χ4v) is 10.2. The molecule has 1 aliphatic rings. The van der Waals surface area contributed by atoms with Crippen LogP contribution in [0.4, 0.5) is 0 Å². The fourth-order valence-electron chi connectivity index (χ4n) is 4.33. The zero-order valence-corrected chi connectivity index (χ0v) is 20.7. The maximum atomic E-state index is 6.78. The molecule has 2 atom stereocenters. The SMILES string of the molecule is CC1(C)OC(P(c2ccccc2)c2ccccc2)C(P(c2ccccc2)c2ccccc2)O1. The van der Waals surface area contributed by atoms with Crippen LogP contribution in [0.25, 0.3) is 0 Å². The Morgan fingerprint density at radius 2 is 0.697 bits per heavy atom. The lowest BCUT2D eigenvalue weighted by molar-refractivity contribution is -0.133. The minimum absolute atomic E-state index is 0.0636. The Labute approximate surface area is 199 Å². The molecule has 0 amide bonds. The molecule has 2 nitrogen and oxygen atoms in total. The van der Waals surface area contributed by atoms with E-state index < -0.39 is 21.6 Å². The molecule has 1 aliphatic heterocycles. The third-order valence-corrected chi connectivity index (χ3v) is 11.1. The highest BCUT2D eigenvalue weighted by Gasteiger charge is 2.49.